The number of benzene rings is 1. The maximum atomic E-state index is 11.6. The van der Waals surface area contributed by atoms with Gasteiger partial charge in [0.1, 0.15) is 0 Å². The van der Waals surface area contributed by atoms with Gasteiger partial charge in [-0.15, -0.1) is 10.2 Å². The van der Waals surface area contributed by atoms with Crippen LogP contribution in [0.5, 0.6) is 0 Å². The van der Waals surface area contributed by atoms with E-state index < -0.39 is 0 Å². The van der Waals surface area contributed by atoms with Gasteiger partial charge in [-0.1, -0.05) is 0 Å². The van der Waals surface area contributed by atoms with Gasteiger partial charge in [-0.05, 0) is 43.3 Å². The lowest BCUT2D eigenvalue weighted by Gasteiger charge is -2.17. The number of aromatic nitrogens is 2. The van der Waals surface area contributed by atoms with E-state index in [1.54, 1.807) is 24.3 Å². The monoisotopic (exact) mass is 281 g/mol. The van der Waals surface area contributed by atoms with E-state index >= 15 is 0 Å². The molecule has 1 aromatic carbocycles. The van der Waals surface area contributed by atoms with Gasteiger partial charge >= 0.3 is 0 Å². The van der Waals surface area contributed by atoms with Gasteiger partial charge in [-0.2, -0.15) is 5.26 Å². The van der Waals surface area contributed by atoms with Crippen LogP contribution >= 0.6 is 0 Å². The van der Waals surface area contributed by atoms with Gasteiger partial charge in [-0.25, -0.2) is 0 Å². The first-order valence-electron chi connectivity index (χ1n) is 6.51. The molecule has 1 amide bonds. The summed E-state index contributed by atoms with van der Waals surface area (Å²) >= 11 is 0. The molecule has 21 heavy (non-hydrogen) atoms. The Balaban J connectivity index is 2.17. The molecule has 0 radical (unpaired) electrons. The zero-order chi connectivity index (χ0) is 15.2. The number of carbonyl (C=O) groups is 1. The molecule has 2 rings (SSSR count). The highest BCUT2D eigenvalue weighted by Crippen LogP contribution is 2.21. The van der Waals surface area contributed by atoms with Gasteiger partial charge in [0.05, 0.1) is 11.6 Å². The fraction of sp³-hybridized carbons (Fsp3) is 0.200. The third kappa shape index (κ3) is 3.34. The second kappa shape index (κ2) is 6.48. The Morgan fingerprint density at radius 2 is 1.95 bits per heavy atom. The van der Waals surface area contributed by atoms with Crippen molar-refractivity contribution < 1.29 is 4.79 Å². The summed E-state index contributed by atoms with van der Waals surface area (Å²) in [6.45, 7) is 2.39. The van der Waals surface area contributed by atoms with Crippen LogP contribution in [0.2, 0.25) is 0 Å². The number of nitrogens with one attached hydrogen (secondary N) is 1. The third-order valence-electron chi connectivity index (χ3n) is 2.95. The highest BCUT2D eigenvalue weighted by atomic mass is 16.1. The van der Waals surface area contributed by atoms with Gasteiger partial charge in [0.2, 0.25) is 0 Å². The van der Waals surface area contributed by atoms with Crippen molar-refractivity contribution >= 4 is 17.4 Å². The molecular weight excluding hydrogens is 266 g/mol. The number of anilines is 2. The summed E-state index contributed by atoms with van der Waals surface area (Å²) < 4.78 is 0. The Morgan fingerprint density at radius 3 is 2.48 bits per heavy atom. The Kier molecular flexibility index (Phi) is 4.46. The van der Waals surface area contributed by atoms with E-state index in [-0.39, 0.29) is 11.6 Å². The molecule has 0 unspecified atom stereocenters. The lowest BCUT2D eigenvalue weighted by molar-refractivity contribution is 0.0950. The van der Waals surface area contributed by atoms with E-state index in [0.717, 1.165) is 5.69 Å². The van der Waals surface area contributed by atoms with Gasteiger partial charge in [0.25, 0.3) is 5.91 Å². The zero-order valence-corrected chi connectivity index (χ0v) is 11.9. The summed E-state index contributed by atoms with van der Waals surface area (Å²) in [5.74, 6) is 0.380. The van der Waals surface area contributed by atoms with Gasteiger partial charge < -0.3 is 10.2 Å². The maximum absolute atomic E-state index is 11.6. The Bertz CT molecular complexity index is 658. The fourth-order valence-corrected chi connectivity index (χ4v) is 1.77. The molecule has 0 aliphatic rings. The summed E-state index contributed by atoms with van der Waals surface area (Å²) in [6, 6.07) is 12.6. The zero-order valence-electron chi connectivity index (χ0n) is 11.9. The van der Waals surface area contributed by atoms with Crippen molar-refractivity contribution in [3.05, 3.63) is 47.7 Å². The van der Waals surface area contributed by atoms with Crippen molar-refractivity contribution in [2.45, 2.75) is 6.92 Å². The molecule has 6 nitrogen and oxygen atoms in total. The Hall–Kier alpha value is -2.94. The molecule has 0 saturated heterocycles. The van der Waals surface area contributed by atoms with Crippen molar-refractivity contribution in [3.8, 4) is 6.07 Å². The van der Waals surface area contributed by atoms with Crippen LogP contribution in [0.25, 0.3) is 0 Å². The van der Waals surface area contributed by atoms with Crippen molar-refractivity contribution in [3.63, 3.8) is 0 Å². The summed E-state index contributed by atoms with van der Waals surface area (Å²) in [5.41, 5.74) is 1.77. The predicted octanol–water partition coefficient (Wildman–Crippen LogP) is 1.87. The average Bonchev–Trinajstić information content (AvgIpc) is 2.54. The number of nitrogens with zero attached hydrogens (tertiary/aromatic N) is 4. The second-order valence-electron chi connectivity index (χ2n) is 4.35. The van der Waals surface area contributed by atoms with Gasteiger partial charge in [-0.3, -0.25) is 4.79 Å². The molecular formula is C15H15N5O. The largest absolute Gasteiger partial charge is 0.351 e. The van der Waals surface area contributed by atoms with Crippen LogP contribution in [0, 0.1) is 11.3 Å². The topological polar surface area (TPSA) is 81.9 Å². The number of nitriles is 1. The number of hydrogen-bond acceptors (Lipinski definition) is 5. The van der Waals surface area contributed by atoms with Crippen LogP contribution in [0.15, 0.2) is 36.4 Å². The molecule has 1 N–H and O–H groups in total. The lowest BCUT2D eigenvalue weighted by atomic mass is 10.2. The highest BCUT2D eigenvalue weighted by molar-refractivity contribution is 5.92. The molecule has 1 aromatic heterocycles. The minimum Gasteiger partial charge on any atom is -0.351 e. The fourth-order valence-electron chi connectivity index (χ4n) is 1.77. The Morgan fingerprint density at radius 1 is 1.24 bits per heavy atom. The van der Waals surface area contributed by atoms with Crippen LogP contribution in [0.4, 0.5) is 11.5 Å². The third-order valence-corrected chi connectivity index (χ3v) is 2.95. The van der Waals surface area contributed by atoms with Crippen LogP contribution < -0.4 is 10.2 Å². The summed E-state index contributed by atoms with van der Waals surface area (Å²) in [7, 11) is 1.84. The molecule has 106 valence electrons. The number of carbonyl (C=O) groups excluding carboxylic acids is 1. The highest BCUT2D eigenvalue weighted by Gasteiger charge is 2.10. The van der Waals surface area contributed by atoms with Crippen molar-refractivity contribution in [2.24, 2.45) is 0 Å². The molecule has 0 atom stereocenters. The van der Waals surface area contributed by atoms with Gasteiger partial charge in [0.15, 0.2) is 11.5 Å². The SMILES string of the molecule is CCNC(=O)c1ccc(N(C)c2ccc(C#N)cc2)nn1. The van der Waals surface area contributed by atoms with Crippen LogP contribution in [0.3, 0.4) is 0 Å². The van der Waals surface area contributed by atoms with E-state index in [9.17, 15) is 4.79 Å². The first-order chi connectivity index (χ1) is 10.2. The second-order valence-corrected chi connectivity index (χ2v) is 4.35. The smallest absolute Gasteiger partial charge is 0.271 e. The van der Waals surface area contributed by atoms with E-state index in [1.165, 1.54) is 0 Å². The predicted molar refractivity (Wildman–Crippen MR) is 79.3 cm³/mol. The number of amides is 1. The summed E-state index contributed by atoms with van der Waals surface area (Å²) in [4.78, 5) is 13.4. The Labute approximate surface area is 123 Å². The van der Waals surface area contributed by atoms with Crippen molar-refractivity contribution in [1.29, 1.82) is 5.26 Å². The standard InChI is InChI=1S/C15H15N5O/c1-3-17-15(21)13-8-9-14(19-18-13)20(2)12-6-4-11(10-16)5-7-12/h4-9H,3H2,1-2H3,(H,17,21). The average molecular weight is 281 g/mol. The van der Waals surface area contributed by atoms with E-state index in [4.69, 9.17) is 5.26 Å². The molecule has 1 heterocycles. The molecule has 0 aliphatic heterocycles. The molecule has 2 aromatic rings. The van der Waals surface area contributed by atoms with Crippen LogP contribution in [-0.4, -0.2) is 29.7 Å². The number of rotatable bonds is 4. The van der Waals surface area contributed by atoms with E-state index in [0.29, 0.717) is 17.9 Å². The minimum atomic E-state index is -0.238. The molecule has 6 heteroatoms. The van der Waals surface area contributed by atoms with E-state index in [1.807, 2.05) is 31.0 Å². The van der Waals surface area contributed by atoms with E-state index in [2.05, 4.69) is 21.6 Å². The first kappa shape index (κ1) is 14.5. The van der Waals surface area contributed by atoms with Gasteiger partial charge in [0, 0.05) is 19.3 Å². The first-order valence-corrected chi connectivity index (χ1v) is 6.51. The maximum Gasteiger partial charge on any atom is 0.271 e. The minimum absolute atomic E-state index is 0.238. The molecule has 0 aliphatic carbocycles. The molecule has 0 saturated carbocycles. The van der Waals surface area contributed by atoms with Crippen molar-refractivity contribution in [1.82, 2.24) is 15.5 Å². The van der Waals surface area contributed by atoms with Crippen molar-refractivity contribution in [2.75, 3.05) is 18.5 Å². The molecule has 0 spiro atoms. The molecule has 0 bridgehead atoms. The number of hydrogen-bond donors (Lipinski definition) is 1. The summed E-state index contributed by atoms with van der Waals surface area (Å²) in [6.07, 6.45) is 0. The normalized spacial score (nSPS) is 9.76. The van der Waals surface area contributed by atoms with Crippen LogP contribution in [-0.2, 0) is 0 Å². The molecule has 0 fully saturated rings. The summed E-state index contributed by atoms with van der Waals surface area (Å²) in [5, 5.41) is 19.4. The lowest BCUT2D eigenvalue weighted by Crippen LogP contribution is -2.24. The van der Waals surface area contributed by atoms with Crippen LogP contribution in [0.1, 0.15) is 23.0 Å². The quantitative estimate of drug-likeness (QED) is 0.925.